The summed E-state index contributed by atoms with van der Waals surface area (Å²) in [5, 5.41) is 3.50. The van der Waals surface area contributed by atoms with E-state index in [0.717, 1.165) is 23.6 Å². The average Bonchev–Trinajstić information content (AvgIpc) is 2.43. The molecular formula is C17H25NO2S. The van der Waals surface area contributed by atoms with Crippen molar-refractivity contribution in [3.63, 3.8) is 0 Å². The van der Waals surface area contributed by atoms with Crippen LogP contribution in [0.1, 0.15) is 32.8 Å². The minimum atomic E-state index is -0.665. The second kappa shape index (κ2) is 6.30. The van der Waals surface area contributed by atoms with Gasteiger partial charge in [0.1, 0.15) is 5.54 Å². The van der Waals surface area contributed by atoms with Gasteiger partial charge in [-0.15, -0.1) is 0 Å². The molecule has 0 spiro atoms. The first kappa shape index (κ1) is 16.2. The van der Waals surface area contributed by atoms with Crippen LogP contribution >= 0.6 is 11.8 Å². The Morgan fingerprint density at radius 2 is 2.00 bits per heavy atom. The zero-order chi connectivity index (χ0) is 15.5. The maximum atomic E-state index is 12.7. The second-order valence-corrected chi connectivity index (χ2v) is 7.41. The number of esters is 1. The summed E-state index contributed by atoms with van der Waals surface area (Å²) in [7, 11) is 0. The number of carbonyl (C=O) groups excluding carboxylic acids is 1. The van der Waals surface area contributed by atoms with Crippen molar-refractivity contribution < 1.29 is 9.53 Å². The van der Waals surface area contributed by atoms with Crippen LogP contribution in [0.5, 0.6) is 0 Å². The SMILES string of the molecule is CCOC(=O)C1(Nc2ccc(C)cc2)CSCCC1(C)C. The molecule has 4 heteroatoms. The molecule has 1 fully saturated rings. The fourth-order valence-corrected chi connectivity index (χ4v) is 4.38. The number of anilines is 1. The van der Waals surface area contributed by atoms with Gasteiger partial charge in [-0.05, 0) is 38.2 Å². The van der Waals surface area contributed by atoms with Gasteiger partial charge in [-0.25, -0.2) is 4.79 Å². The highest BCUT2D eigenvalue weighted by Gasteiger charge is 2.54. The third-order valence-electron chi connectivity index (χ3n) is 4.38. The van der Waals surface area contributed by atoms with Crippen molar-refractivity contribution in [2.75, 3.05) is 23.4 Å². The predicted octanol–water partition coefficient (Wildman–Crippen LogP) is 3.87. The zero-order valence-corrected chi connectivity index (χ0v) is 14.2. The van der Waals surface area contributed by atoms with Crippen LogP contribution in [0.25, 0.3) is 0 Å². The summed E-state index contributed by atoms with van der Waals surface area (Å²) in [6.45, 7) is 8.65. The Morgan fingerprint density at radius 3 is 2.57 bits per heavy atom. The van der Waals surface area contributed by atoms with Gasteiger partial charge < -0.3 is 10.1 Å². The second-order valence-electron chi connectivity index (χ2n) is 6.30. The summed E-state index contributed by atoms with van der Waals surface area (Å²) in [6.07, 6.45) is 0.995. The highest BCUT2D eigenvalue weighted by Crippen LogP contribution is 2.45. The number of thioether (sulfide) groups is 1. The van der Waals surface area contributed by atoms with Gasteiger partial charge in [0.2, 0.25) is 0 Å². The van der Waals surface area contributed by atoms with Crippen molar-refractivity contribution >= 4 is 23.4 Å². The summed E-state index contributed by atoms with van der Waals surface area (Å²) in [6, 6.07) is 8.19. The van der Waals surface area contributed by atoms with Gasteiger partial charge in [-0.2, -0.15) is 11.8 Å². The standard InChI is InChI=1S/C17H25NO2S/c1-5-20-15(19)17(12-21-11-10-16(17,3)4)18-14-8-6-13(2)7-9-14/h6-9,18H,5,10-12H2,1-4H3. The first-order chi connectivity index (χ1) is 9.91. The van der Waals surface area contributed by atoms with Gasteiger partial charge in [0, 0.05) is 16.9 Å². The van der Waals surface area contributed by atoms with E-state index >= 15 is 0 Å². The normalized spacial score (nSPS) is 24.4. The van der Waals surface area contributed by atoms with E-state index in [2.05, 4.69) is 38.2 Å². The van der Waals surface area contributed by atoms with Crippen molar-refractivity contribution in [1.82, 2.24) is 0 Å². The van der Waals surface area contributed by atoms with E-state index in [4.69, 9.17) is 4.74 Å². The first-order valence-corrected chi connectivity index (χ1v) is 8.66. The molecule has 2 rings (SSSR count). The summed E-state index contributed by atoms with van der Waals surface area (Å²) in [5.41, 5.74) is 1.38. The van der Waals surface area contributed by atoms with Gasteiger partial charge in [0.25, 0.3) is 0 Å². The summed E-state index contributed by atoms with van der Waals surface area (Å²) < 4.78 is 5.40. The lowest BCUT2D eigenvalue weighted by Crippen LogP contribution is -2.62. The minimum absolute atomic E-state index is 0.136. The monoisotopic (exact) mass is 307 g/mol. The molecule has 0 aliphatic carbocycles. The Kier molecular flexibility index (Phi) is 4.87. The Labute approximate surface area is 131 Å². The molecule has 21 heavy (non-hydrogen) atoms. The minimum Gasteiger partial charge on any atom is -0.464 e. The van der Waals surface area contributed by atoms with E-state index in [0.29, 0.717) is 6.61 Å². The van der Waals surface area contributed by atoms with Gasteiger partial charge in [-0.3, -0.25) is 0 Å². The first-order valence-electron chi connectivity index (χ1n) is 7.51. The quantitative estimate of drug-likeness (QED) is 0.857. The molecular weight excluding hydrogens is 282 g/mol. The number of carbonyl (C=O) groups is 1. The van der Waals surface area contributed by atoms with Crippen LogP contribution in [0.3, 0.4) is 0 Å². The van der Waals surface area contributed by atoms with Crippen molar-refractivity contribution in [3.8, 4) is 0 Å². The molecule has 1 aliphatic rings. The molecule has 1 heterocycles. The number of nitrogens with one attached hydrogen (secondary N) is 1. The van der Waals surface area contributed by atoms with Crippen molar-refractivity contribution in [2.45, 2.75) is 39.7 Å². The smallest absolute Gasteiger partial charge is 0.333 e. The molecule has 1 atom stereocenters. The molecule has 1 N–H and O–H groups in total. The Balaban J connectivity index is 2.35. The number of hydrogen-bond acceptors (Lipinski definition) is 4. The number of rotatable bonds is 4. The lowest BCUT2D eigenvalue weighted by molar-refractivity contribution is -0.152. The van der Waals surface area contributed by atoms with Crippen LogP contribution in [-0.4, -0.2) is 29.6 Å². The van der Waals surface area contributed by atoms with Gasteiger partial charge in [-0.1, -0.05) is 31.5 Å². The molecule has 0 aromatic heterocycles. The molecule has 116 valence electrons. The molecule has 1 aliphatic heterocycles. The van der Waals surface area contributed by atoms with Gasteiger partial charge in [0.15, 0.2) is 0 Å². The largest absolute Gasteiger partial charge is 0.464 e. The Hall–Kier alpha value is -1.16. The maximum Gasteiger partial charge on any atom is 0.333 e. The lowest BCUT2D eigenvalue weighted by Gasteiger charge is -2.48. The molecule has 0 amide bonds. The van der Waals surface area contributed by atoms with E-state index < -0.39 is 5.54 Å². The van der Waals surface area contributed by atoms with Crippen molar-refractivity contribution in [3.05, 3.63) is 29.8 Å². The molecule has 0 saturated carbocycles. The number of benzene rings is 1. The van der Waals surface area contributed by atoms with Gasteiger partial charge >= 0.3 is 5.97 Å². The Bertz CT molecular complexity index is 498. The van der Waals surface area contributed by atoms with Gasteiger partial charge in [0.05, 0.1) is 6.61 Å². The van der Waals surface area contributed by atoms with Crippen LogP contribution in [0.15, 0.2) is 24.3 Å². The van der Waals surface area contributed by atoms with E-state index in [9.17, 15) is 4.79 Å². The number of ether oxygens (including phenoxy) is 1. The van der Waals surface area contributed by atoms with E-state index in [1.165, 1.54) is 5.56 Å². The van der Waals surface area contributed by atoms with Crippen molar-refractivity contribution in [1.29, 1.82) is 0 Å². The Morgan fingerprint density at radius 1 is 1.33 bits per heavy atom. The number of aryl methyl sites for hydroxylation is 1. The average molecular weight is 307 g/mol. The zero-order valence-electron chi connectivity index (χ0n) is 13.4. The predicted molar refractivity (Wildman–Crippen MR) is 89.9 cm³/mol. The lowest BCUT2D eigenvalue weighted by atomic mass is 9.70. The third-order valence-corrected chi connectivity index (χ3v) is 5.51. The van der Waals surface area contributed by atoms with Crippen LogP contribution in [0.2, 0.25) is 0 Å². The highest BCUT2D eigenvalue weighted by atomic mass is 32.2. The molecule has 1 unspecified atom stereocenters. The molecule has 1 aromatic carbocycles. The fourth-order valence-electron chi connectivity index (χ4n) is 2.69. The van der Waals surface area contributed by atoms with E-state index in [1.54, 1.807) is 0 Å². The van der Waals surface area contributed by atoms with Crippen LogP contribution in [0.4, 0.5) is 5.69 Å². The van der Waals surface area contributed by atoms with E-state index in [-0.39, 0.29) is 11.4 Å². The van der Waals surface area contributed by atoms with Crippen LogP contribution in [-0.2, 0) is 9.53 Å². The van der Waals surface area contributed by atoms with E-state index in [1.807, 2.05) is 30.8 Å². The van der Waals surface area contributed by atoms with Crippen molar-refractivity contribution in [2.24, 2.45) is 5.41 Å². The summed E-state index contributed by atoms with van der Waals surface area (Å²) in [4.78, 5) is 12.7. The third kappa shape index (κ3) is 3.20. The van der Waals surface area contributed by atoms with Crippen LogP contribution < -0.4 is 5.32 Å². The maximum absolute atomic E-state index is 12.7. The summed E-state index contributed by atoms with van der Waals surface area (Å²) >= 11 is 1.82. The molecule has 0 bridgehead atoms. The molecule has 1 aromatic rings. The molecule has 1 saturated heterocycles. The highest BCUT2D eigenvalue weighted by molar-refractivity contribution is 7.99. The molecule has 0 radical (unpaired) electrons. The fraction of sp³-hybridized carbons (Fsp3) is 0.588. The molecule has 3 nitrogen and oxygen atoms in total. The van der Waals surface area contributed by atoms with Crippen LogP contribution in [0, 0.1) is 12.3 Å². The summed E-state index contributed by atoms with van der Waals surface area (Å²) in [5.74, 6) is 1.69. The number of hydrogen-bond donors (Lipinski definition) is 1. The topological polar surface area (TPSA) is 38.3 Å².